The lowest BCUT2D eigenvalue weighted by molar-refractivity contribution is 0.415. The van der Waals surface area contributed by atoms with Gasteiger partial charge in [0.1, 0.15) is 17.4 Å². The summed E-state index contributed by atoms with van der Waals surface area (Å²) in [6, 6.07) is 8.26. The van der Waals surface area contributed by atoms with E-state index in [2.05, 4.69) is 4.98 Å². The van der Waals surface area contributed by atoms with Crippen molar-refractivity contribution < 1.29 is 9.13 Å². The molecule has 0 spiro atoms. The Morgan fingerprint density at radius 2 is 2.20 bits per heavy atom. The third-order valence-electron chi connectivity index (χ3n) is 2.10. The zero-order valence-electron chi connectivity index (χ0n) is 7.99. The largest absolute Gasteiger partial charge is 0.497 e. The van der Waals surface area contributed by atoms with Gasteiger partial charge in [-0.05, 0) is 24.3 Å². The summed E-state index contributed by atoms with van der Waals surface area (Å²) in [5.41, 5.74) is 0.447. The van der Waals surface area contributed by atoms with Crippen LogP contribution in [0.2, 0.25) is 0 Å². The lowest BCUT2D eigenvalue weighted by Gasteiger charge is -2.02. The number of methoxy groups -OCH3 is 1. The van der Waals surface area contributed by atoms with Gasteiger partial charge in [0.15, 0.2) is 0 Å². The molecule has 0 unspecified atom stereocenters. The summed E-state index contributed by atoms with van der Waals surface area (Å²) >= 11 is 0. The minimum Gasteiger partial charge on any atom is -0.497 e. The molecule has 4 heteroatoms. The number of halogens is 1. The second kappa shape index (κ2) is 3.54. The number of fused-ring (bicyclic) bond motifs is 1. The van der Waals surface area contributed by atoms with Crippen molar-refractivity contribution in [1.29, 1.82) is 5.26 Å². The SMILES string of the molecule is COc1ccc2nc(F)c(C#N)cc2c1. The molecule has 0 saturated heterocycles. The molecule has 74 valence electrons. The summed E-state index contributed by atoms with van der Waals surface area (Å²) in [6.07, 6.45) is 0. The third-order valence-corrected chi connectivity index (χ3v) is 2.10. The van der Waals surface area contributed by atoms with Crippen LogP contribution in [-0.4, -0.2) is 12.1 Å². The molecule has 0 aliphatic heterocycles. The highest BCUT2D eigenvalue weighted by Crippen LogP contribution is 2.21. The summed E-state index contributed by atoms with van der Waals surface area (Å²) in [5.74, 6) is -0.0880. The lowest BCUT2D eigenvalue weighted by atomic mass is 10.1. The maximum absolute atomic E-state index is 13.1. The van der Waals surface area contributed by atoms with Crippen molar-refractivity contribution in [2.24, 2.45) is 0 Å². The van der Waals surface area contributed by atoms with Gasteiger partial charge in [0.05, 0.1) is 12.6 Å². The fourth-order valence-electron chi connectivity index (χ4n) is 1.34. The number of benzene rings is 1. The van der Waals surface area contributed by atoms with Gasteiger partial charge in [0.25, 0.3) is 0 Å². The second-order valence-corrected chi connectivity index (χ2v) is 3.00. The molecule has 1 aromatic carbocycles. The summed E-state index contributed by atoms with van der Waals surface area (Å²) in [4.78, 5) is 3.68. The predicted octanol–water partition coefficient (Wildman–Crippen LogP) is 2.25. The fraction of sp³-hybridized carbons (Fsp3) is 0.0909. The van der Waals surface area contributed by atoms with Crippen molar-refractivity contribution >= 4 is 10.9 Å². The number of ether oxygens (including phenoxy) is 1. The van der Waals surface area contributed by atoms with Crippen molar-refractivity contribution in [2.45, 2.75) is 0 Å². The zero-order valence-corrected chi connectivity index (χ0v) is 7.99. The molecule has 0 radical (unpaired) electrons. The molecular weight excluding hydrogens is 195 g/mol. The number of hydrogen-bond donors (Lipinski definition) is 0. The average Bonchev–Trinajstić information content (AvgIpc) is 2.27. The number of rotatable bonds is 1. The molecule has 1 aromatic heterocycles. The van der Waals surface area contributed by atoms with Gasteiger partial charge >= 0.3 is 0 Å². The van der Waals surface area contributed by atoms with Crippen molar-refractivity contribution in [1.82, 2.24) is 4.98 Å². The van der Waals surface area contributed by atoms with Crippen LogP contribution in [0.25, 0.3) is 10.9 Å². The number of aromatic nitrogens is 1. The number of hydrogen-bond acceptors (Lipinski definition) is 3. The van der Waals surface area contributed by atoms with E-state index in [1.807, 2.05) is 0 Å². The van der Waals surface area contributed by atoms with Crippen LogP contribution in [0.15, 0.2) is 24.3 Å². The van der Waals surface area contributed by atoms with Gasteiger partial charge in [-0.1, -0.05) is 0 Å². The predicted molar refractivity (Wildman–Crippen MR) is 53.0 cm³/mol. The molecule has 0 aliphatic carbocycles. The van der Waals surface area contributed by atoms with Crippen LogP contribution in [0.1, 0.15) is 5.56 Å². The summed E-state index contributed by atoms with van der Waals surface area (Å²) in [5, 5.41) is 9.33. The van der Waals surface area contributed by atoms with Gasteiger partial charge < -0.3 is 4.74 Å². The Bertz CT molecular complexity index is 560. The van der Waals surface area contributed by atoms with E-state index in [0.29, 0.717) is 16.7 Å². The van der Waals surface area contributed by atoms with E-state index in [4.69, 9.17) is 10.00 Å². The van der Waals surface area contributed by atoms with Crippen LogP contribution in [-0.2, 0) is 0 Å². The molecule has 0 N–H and O–H groups in total. The Balaban J connectivity index is 2.72. The number of nitriles is 1. The van der Waals surface area contributed by atoms with E-state index in [9.17, 15) is 4.39 Å². The maximum Gasteiger partial charge on any atom is 0.231 e. The minimum absolute atomic E-state index is 0.0595. The van der Waals surface area contributed by atoms with E-state index in [0.717, 1.165) is 0 Å². The first-order chi connectivity index (χ1) is 7.24. The van der Waals surface area contributed by atoms with Crippen molar-refractivity contribution in [2.75, 3.05) is 7.11 Å². The molecule has 0 atom stereocenters. The molecule has 0 fully saturated rings. The van der Waals surface area contributed by atoms with Gasteiger partial charge in [-0.3, -0.25) is 0 Å². The molecule has 3 nitrogen and oxygen atoms in total. The first-order valence-corrected chi connectivity index (χ1v) is 4.29. The van der Waals surface area contributed by atoms with Gasteiger partial charge in [0, 0.05) is 5.39 Å². The fourth-order valence-corrected chi connectivity index (χ4v) is 1.34. The first-order valence-electron chi connectivity index (χ1n) is 4.29. The van der Waals surface area contributed by atoms with Crippen molar-refractivity contribution in [3.8, 4) is 11.8 Å². The van der Waals surface area contributed by atoms with Gasteiger partial charge in [-0.2, -0.15) is 9.65 Å². The highest BCUT2D eigenvalue weighted by molar-refractivity contribution is 5.81. The van der Waals surface area contributed by atoms with Crippen LogP contribution in [0.5, 0.6) is 5.75 Å². The van der Waals surface area contributed by atoms with Crippen LogP contribution in [0.4, 0.5) is 4.39 Å². The van der Waals surface area contributed by atoms with Gasteiger partial charge in [-0.25, -0.2) is 4.98 Å². The lowest BCUT2D eigenvalue weighted by Crippen LogP contribution is -1.91. The molecule has 2 aromatic rings. The van der Waals surface area contributed by atoms with E-state index >= 15 is 0 Å². The Kier molecular flexibility index (Phi) is 2.22. The quantitative estimate of drug-likeness (QED) is 0.666. The first kappa shape index (κ1) is 9.41. The molecule has 0 amide bonds. The van der Waals surface area contributed by atoms with E-state index < -0.39 is 5.95 Å². The van der Waals surface area contributed by atoms with Crippen molar-refractivity contribution in [3.05, 3.63) is 35.8 Å². The molecule has 15 heavy (non-hydrogen) atoms. The molecule has 0 aliphatic rings. The Morgan fingerprint density at radius 1 is 1.40 bits per heavy atom. The van der Waals surface area contributed by atoms with Crippen LogP contribution < -0.4 is 4.74 Å². The van der Waals surface area contributed by atoms with Crippen LogP contribution in [0.3, 0.4) is 0 Å². The van der Waals surface area contributed by atoms with E-state index in [-0.39, 0.29) is 5.56 Å². The molecule has 0 saturated carbocycles. The van der Waals surface area contributed by atoms with E-state index in [1.165, 1.54) is 6.07 Å². The van der Waals surface area contributed by atoms with Gasteiger partial charge in [-0.15, -0.1) is 0 Å². The highest BCUT2D eigenvalue weighted by atomic mass is 19.1. The topological polar surface area (TPSA) is 45.9 Å². The average molecular weight is 202 g/mol. The minimum atomic E-state index is -0.741. The zero-order chi connectivity index (χ0) is 10.8. The van der Waals surface area contributed by atoms with E-state index in [1.54, 1.807) is 31.4 Å². The maximum atomic E-state index is 13.1. The highest BCUT2D eigenvalue weighted by Gasteiger charge is 2.06. The smallest absolute Gasteiger partial charge is 0.231 e. The molecule has 1 heterocycles. The summed E-state index contributed by atoms with van der Waals surface area (Å²) < 4.78 is 18.2. The molecule has 0 bridgehead atoms. The number of pyridine rings is 1. The van der Waals surface area contributed by atoms with Crippen molar-refractivity contribution in [3.63, 3.8) is 0 Å². The Morgan fingerprint density at radius 3 is 2.87 bits per heavy atom. The second-order valence-electron chi connectivity index (χ2n) is 3.00. The molecular formula is C11H7FN2O. The summed E-state index contributed by atoms with van der Waals surface area (Å²) in [7, 11) is 1.54. The summed E-state index contributed by atoms with van der Waals surface area (Å²) in [6.45, 7) is 0. The Labute approximate surface area is 85.7 Å². The Hall–Kier alpha value is -2.15. The van der Waals surface area contributed by atoms with Crippen LogP contribution in [0, 0.1) is 17.3 Å². The molecule has 2 rings (SSSR count). The number of nitrogens with zero attached hydrogens (tertiary/aromatic N) is 2. The van der Waals surface area contributed by atoms with Gasteiger partial charge in [0.2, 0.25) is 5.95 Å². The third kappa shape index (κ3) is 1.59. The monoisotopic (exact) mass is 202 g/mol. The van der Waals surface area contributed by atoms with Crippen LogP contribution >= 0.6 is 0 Å². The normalized spacial score (nSPS) is 9.93. The standard InChI is InChI=1S/C11H7FN2O/c1-15-9-2-3-10-7(5-9)4-8(6-13)11(12)14-10/h2-5H,1H3.